The topological polar surface area (TPSA) is 97.8 Å². The molecule has 1 aliphatic rings. The zero-order valence-electron chi connectivity index (χ0n) is 15.8. The van der Waals surface area contributed by atoms with Crippen molar-refractivity contribution in [2.75, 3.05) is 19.7 Å². The molecule has 0 saturated carbocycles. The molecule has 1 aliphatic heterocycles. The minimum absolute atomic E-state index is 0.172. The van der Waals surface area contributed by atoms with Gasteiger partial charge in [0.2, 0.25) is 0 Å². The SMILES string of the molecule is CCOC(=O)N1CCC(NC(N)=NCc2ccn(-c3ccc(F)cc3)n2)CC1. The van der Waals surface area contributed by atoms with Crippen molar-refractivity contribution in [3.8, 4) is 5.69 Å². The Kier molecular flexibility index (Phi) is 6.46. The van der Waals surface area contributed by atoms with E-state index in [4.69, 9.17) is 10.5 Å². The Hall–Kier alpha value is -3.10. The Balaban J connectivity index is 1.48. The molecule has 28 heavy (non-hydrogen) atoms. The molecule has 0 unspecified atom stereocenters. The minimum atomic E-state index is -0.285. The zero-order valence-corrected chi connectivity index (χ0v) is 15.8. The third-order valence-corrected chi connectivity index (χ3v) is 4.52. The first kappa shape index (κ1) is 19.7. The number of ether oxygens (including phenoxy) is 1. The molecule has 0 atom stereocenters. The fourth-order valence-corrected chi connectivity index (χ4v) is 3.03. The number of amides is 1. The van der Waals surface area contributed by atoms with Gasteiger partial charge in [0, 0.05) is 25.3 Å². The van der Waals surface area contributed by atoms with Crippen LogP contribution in [0.2, 0.25) is 0 Å². The van der Waals surface area contributed by atoms with Gasteiger partial charge in [-0.2, -0.15) is 5.10 Å². The molecular formula is C19H25FN6O2. The highest BCUT2D eigenvalue weighted by Crippen LogP contribution is 2.12. The number of aliphatic imine (C=N–C) groups is 1. The summed E-state index contributed by atoms with van der Waals surface area (Å²) < 4.78 is 19.7. The van der Waals surface area contributed by atoms with Gasteiger partial charge in [0.15, 0.2) is 5.96 Å². The van der Waals surface area contributed by atoms with Crippen LogP contribution in [0.25, 0.3) is 5.69 Å². The van der Waals surface area contributed by atoms with E-state index in [2.05, 4.69) is 15.4 Å². The molecule has 3 N–H and O–H groups in total. The molecule has 8 nitrogen and oxygen atoms in total. The summed E-state index contributed by atoms with van der Waals surface area (Å²) in [6.45, 7) is 3.78. The summed E-state index contributed by atoms with van der Waals surface area (Å²) >= 11 is 0. The van der Waals surface area contributed by atoms with E-state index in [9.17, 15) is 9.18 Å². The Morgan fingerprint density at radius 3 is 2.71 bits per heavy atom. The molecule has 150 valence electrons. The van der Waals surface area contributed by atoms with E-state index < -0.39 is 0 Å². The maximum Gasteiger partial charge on any atom is 0.409 e. The number of piperidine rings is 1. The van der Waals surface area contributed by atoms with Crippen LogP contribution < -0.4 is 11.1 Å². The summed E-state index contributed by atoms with van der Waals surface area (Å²) in [7, 11) is 0. The molecule has 1 fully saturated rings. The quantitative estimate of drug-likeness (QED) is 0.603. The molecule has 0 bridgehead atoms. The summed E-state index contributed by atoms with van der Waals surface area (Å²) in [6.07, 6.45) is 3.11. The fourth-order valence-electron chi connectivity index (χ4n) is 3.03. The third kappa shape index (κ3) is 5.21. The van der Waals surface area contributed by atoms with Gasteiger partial charge >= 0.3 is 6.09 Å². The lowest BCUT2D eigenvalue weighted by Gasteiger charge is -2.31. The fraction of sp³-hybridized carbons (Fsp3) is 0.421. The zero-order chi connectivity index (χ0) is 19.9. The summed E-state index contributed by atoms with van der Waals surface area (Å²) in [5.41, 5.74) is 7.52. The number of aromatic nitrogens is 2. The number of nitrogens with zero attached hydrogens (tertiary/aromatic N) is 4. The second-order valence-electron chi connectivity index (χ2n) is 6.53. The van der Waals surface area contributed by atoms with Crippen LogP contribution in [0.1, 0.15) is 25.5 Å². The first-order valence-electron chi connectivity index (χ1n) is 9.34. The maximum absolute atomic E-state index is 13.0. The molecule has 0 aliphatic carbocycles. The van der Waals surface area contributed by atoms with Crippen LogP contribution in [-0.4, -0.2) is 52.5 Å². The Labute approximate surface area is 163 Å². The van der Waals surface area contributed by atoms with E-state index >= 15 is 0 Å². The van der Waals surface area contributed by atoms with E-state index in [1.165, 1.54) is 12.1 Å². The van der Waals surface area contributed by atoms with Crippen LogP contribution in [0.4, 0.5) is 9.18 Å². The normalized spacial score (nSPS) is 15.5. The van der Waals surface area contributed by atoms with Gasteiger partial charge in [0.1, 0.15) is 5.82 Å². The van der Waals surface area contributed by atoms with Crippen molar-refractivity contribution in [3.05, 3.63) is 48.0 Å². The van der Waals surface area contributed by atoms with Crippen LogP contribution in [0.15, 0.2) is 41.5 Å². The molecule has 3 rings (SSSR count). The summed E-state index contributed by atoms with van der Waals surface area (Å²) in [5.74, 6) is 0.0681. The minimum Gasteiger partial charge on any atom is -0.450 e. The van der Waals surface area contributed by atoms with Crippen LogP contribution in [0, 0.1) is 5.82 Å². The number of rotatable bonds is 5. The van der Waals surface area contributed by atoms with E-state index in [-0.39, 0.29) is 18.0 Å². The van der Waals surface area contributed by atoms with E-state index in [1.54, 1.807) is 34.8 Å². The molecule has 2 aromatic rings. The van der Waals surface area contributed by atoms with Crippen LogP contribution in [0.3, 0.4) is 0 Å². The summed E-state index contributed by atoms with van der Waals surface area (Å²) in [5, 5.41) is 7.62. The van der Waals surface area contributed by atoms with Gasteiger partial charge in [-0.1, -0.05) is 0 Å². The number of carbonyl (C=O) groups is 1. The van der Waals surface area contributed by atoms with Crippen molar-refractivity contribution in [1.29, 1.82) is 0 Å². The smallest absolute Gasteiger partial charge is 0.409 e. The predicted molar refractivity (Wildman–Crippen MR) is 104 cm³/mol. The van der Waals surface area contributed by atoms with Crippen LogP contribution in [-0.2, 0) is 11.3 Å². The monoisotopic (exact) mass is 388 g/mol. The van der Waals surface area contributed by atoms with Gasteiger partial charge in [0.25, 0.3) is 0 Å². The molecule has 0 spiro atoms. The van der Waals surface area contributed by atoms with Gasteiger partial charge < -0.3 is 20.7 Å². The van der Waals surface area contributed by atoms with E-state index in [0.29, 0.717) is 32.2 Å². The van der Waals surface area contributed by atoms with Crippen molar-refractivity contribution in [2.45, 2.75) is 32.4 Å². The molecule has 1 aromatic carbocycles. The van der Waals surface area contributed by atoms with Crippen molar-refractivity contribution < 1.29 is 13.9 Å². The van der Waals surface area contributed by atoms with Gasteiger partial charge in [-0.25, -0.2) is 18.9 Å². The largest absolute Gasteiger partial charge is 0.450 e. The molecule has 1 amide bonds. The molecule has 1 aromatic heterocycles. The average molecular weight is 388 g/mol. The van der Waals surface area contributed by atoms with Crippen LogP contribution >= 0.6 is 0 Å². The molecule has 0 radical (unpaired) electrons. The highest BCUT2D eigenvalue weighted by Gasteiger charge is 2.23. The number of halogens is 1. The van der Waals surface area contributed by atoms with Gasteiger partial charge in [-0.05, 0) is 50.1 Å². The third-order valence-electron chi connectivity index (χ3n) is 4.52. The molecular weight excluding hydrogens is 363 g/mol. The van der Waals surface area contributed by atoms with E-state index in [1.807, 2.05) is 6.07 Å². The van der Waals surface area contributed by atoms with Gasteiger partial charge in [-0.15, -0.1) is 0 Å². The standard InChI is InChI=1S/C19H25FN6O2/c1-2-28-19(27)25-10-7-15(8-11-25)23-18(21)22-13-16-9-12-26(24-16)17-5-3-14(20)4-6-17/h3-6,9,12,15H,2,7-8,10-11,13H2,1H3,(H3,21,22,23). The number of nitrogens with two attached hydrogens (primary N) is 1. The molecule has 2 heterocycles. The molecule has 1 saturated heterocycles. The number of nitrogens with one attached hydrogen (secondary N) is 1. The summed E-state index contributed by atoms with van der Waals surface area (Å²) in [6, 6.07) is 8.12. The maximum atomic E-state index is 13.0. The molecule has 9 heteroatoms. The lowest BCUT2D eigenvalue weighted by atomic mass is 10.1. The van der Waals surface area contributed by atoms with Crippen molar-refractivity contribution in [1.82, 2.24) is 20.0 Å². The lowest BCUT2D eigenvalue weighted by Crippen LogP contribution is -2.48. The second kappa shape index (κ2) is 9.20. The summed E-state index contributed by atoms with van der Waals surface area (Å²) in [4.78, 5) is 17.8. The number of benzene rings is 1. The van der Waals surface area contributed by atoms with Crippen molar-refractivity contribution >= 4 is 12.1 Å². The predicted octanol–water partition coefficient (Wildman–Crippen LogP) is 2.04. The lowest BCUT2D eigenvalue weighted by molar-refractivity contribution is 0.0963. The Bertz CT molecular complexity index is 812. The van der Waals surface area contributed by atoms with Gasteiger partial charge in [0.05, 0.1) is 24.5 Å². The first-order chi connectivity index (χ1) is 13.5. The second-order valence-corrected chi connectivity index (χ2v) is 6.53. The Morgan fingerprint density at radius 2 is 2.04 bits per heavy atom. The average Bonchev–Trinajstić information content (AvgIpc) is 3.17. The van der Waals surface area contributed by atoms with Gasteiger partial charge in [-0.3, -0.25) is 0 Å². The number of hydrogen-bond acceptors (Lipinski definition) is 4. The number of hydrogen-bond donors (Lipinski definition) is 2. The van der Waals surface area contributed by atoms with Crippen molar-refractivity contribution in [2.24, 2.45) is 10.7 Å². The Morgan fingerprint density at radius 1 is 1.32 bits per heavy atom. The number of guanidine groups is 1. The first-order valence-corrected chi connectivity index (χ1v) is 9.34. The number of carbonyl (C=O) groups excluding carboxylic acids is 1. The highest BCUT2D eigenvalue weighted by atomic mass is 19.1. The highest BCUT2D eigenvalue weighted by molar-refractivity contribution is 5.78. The number of likely N-dealkylation sites (tertiary alicyclic amines) is 1. The van der Waals surface area contributed by atoms with E-state index in [0.717, 1.165) is 24.2 Å². The van der Waals surface area contributed by atoms with Crippen molar-refractivity contribution in [3.63, 3.8) is 0 Å². The van der Waals surface area contributed by atoms with Crippen LogP contribution in [0.5, 0.6) is 0 Å².